The largest absolute Gasteiger partial charge is 0.389 e. The van der Waals surface area contributed by atoms with Crippen LogP contribution < -0.4 is 0 Å². The van der Waals surface area contributed by atoms with Gasteiger partial charge in [0.2, 0.25) is 5.16 Å². The lowest BCUT2D eigenvalue weighted by molar-refractivity contribution is 0.195. The Balaban J connectivity index is 2.31. The molecule has 0 aromatic carbocycles. The SMILES string of the molecule is CC(O)c1cccnc1Sc1nnnn1C. The summed E-state index contributed by atoms with van der Waals surface area (Å²) in [5, 5.41) is 22.1. The molecule has 0 spiro atoms. The molecule has 1 unspecified atom stereocenters. The lowest BCUT2D eigenvalue weighted by Gasteiger charge is -2.08. The molecule has 84 valence electrons. The van der Waals surface area contributed by atoms with Gasteiger partial charge in [-0.15, -0.1) is 5.10 Å². The molecule has 6 nitrogen and oxygen atoms in total. The monoisotopic (exact) mass is 237 g/mol. The van der Waals surface area contributed by atoms with Gasteiger partial charge < -0.3 is 5.11 Å². The van der Waals surface area contributed by atoms with E-state index >= 15 is 0 Å². The summed E-state index contributed by atoms with van der Waals surface area (Å²) in [5.41, 5.74) is 0.774. The number of nitrogens with zero attached hydrogens (tertiary/aromatic N) is 5. The van der Waals surface area contributed by atoms with E-state index < -0.39 is 6.10 Å². The topological polar surface area (TPSA) is 76.7 Å². The summed E-state index contributed by atoms with van der Waals surface area (Å²) in [5.74, 6) is 0. The first-order chi connectivity index (χ1) is 7.68. The fourth-order valence-corrected chi connectivity index (χ4v) is 2.09. The molecular weight excluding hydrogens is 226 g/mol. The summed E-state index contributed by atoms with van der Waals surface area (Å²) >= 11 is 1.33. The van der Waals surface area contributed by atoms with Gasteiger partial charge in [-0.25, -0.2) is 9.67 Å². The van der Waals surface area contributed by atoms with Gasteiger partial charge >= 0.3 is 0 Å². The van der Waals surface area contributed by atoms with Gasteiger partial charge in [0.15, 0.2) is 0 Å². The van der Waals surface area contributed by atoms with Crippen molar-refractivity contribution in [3.05, 3.63) is 23.9 Å². The van der Waals surface area contributed by atoms with E-state index in [9.17, 15) is 5.11 Å². The molecule has 2 heterocycles. The van der Waals surface area contributed by atoms with Gasteiger partial charge in [-0.05, 0) is 35.2 Å². The minimum atomic E-state index is -0.558. The zero-order valence-electron chi connectivity index (χ0n) is 8.90. The van der Waals surface area contributed by atoms with Gasteiger partial charge in [-0.3, -0.25) is 0 Å². The van der Waals surface area contributed by atoms with E-state index in [1.807, 2.05) is 6.07 Å². The first-order valence-corrected chi connectivity index (χ1v) is 5.53. The average molecular weight is 237 g/mol. The van der Waals surface area contributed by atoms with E-state index in [0.717, 1.165) is 10.6 Å². The van der Waals surface area contributed by atoms with Crippen molar-refractivity contribution in [1.29, 1.82) is 0 Å². The van der Waals surface area contributed by atoms with Crippen LogP contribution in [0.1, 0.15) is 18.6 Å². The van der Waals surface area contributed by atoms with Gasteiger partial charge in [-0.2, -0.15) is 0 Å². The molecule has 2 aromatic heterocycles. The Morgan fingerprint density at radius 2 is 2.31 bits per heavy atom. The Labute approximate surface area is 96.7 Å². The predicted octanol–water partition coefficient (Wildman–Crippen LogP) is 0.810. The zero-order chi connectivity index (χ0) is 11.5. The molecule has 7 heteroatoms. The third-order valence-electron chi connectivity index (χ3n) is 2.02. The van der Waals surface area contributed by atoms with Crippen molar-refractivity contribution in [3.63, 3.8) is 0 Å². The van der Waals surface area contributed by atoms with Crippen molar-refractivity contribution in [2.24, 2.45) is 7.05 Å². The summed E-state index contributed by atoms with van der Waals surface area (Å²) in [6, 6.07) is 3.63. The standard InChI is InChI=1S/C9H11N5OS/c1-6(15)7-4-3-5-10-8(7)16-9-11-12-13-14(9)2/h3-6,15H,1-2H3. The third kappa shape index (κ3) is 2.20. The second kappa shape index (κ2) is 4.58. The van der Waals surface area contributed by atoms with Crippen LogP contribution in [0.5, 0.6) is 0 Å². The molecule has 0 radical (unpaired) electrons. The number of aliphatic hydroxyl groups is 1. The summed E-state index contributed by atoms with van der Waals surface area (Å²) < 4.78 is 1.56. The minimum absolute atomic E-state index is 0.558. The second-order valence-electron chi connectivity index (χ2n) is 3.26. The highest BCUT2D eigenvalue weighted by molar-refractivity contribution is 7.99. The minimum Gasteiger partial charge on any atom is -0.389 e. The highest BCUT2D eigenvalue weighted by Gasteiger charge is 2.12. The molecule has 0 aliphatic heterocycles. The van der Waals surface area contributed by atoms with E-state index in [0.29, 0.717) is 5.16 Å². The van der Waals surface area contributed by atoms with Crippen molar-refractivity contribution in [2.75, 3.05) is 0 Å². The maximum Gasteiger partial charge on any atom is 0.215 e. The van der Waals surface area contributed by atoms with Crippen molar-refractivity contribution < 1.29 is 5.11 Å². The van der Waals surface area contributed by atoms with E-state index in [4.69, 9.17) is 0 Å². The number of hydrogen-bond donors (Lipinski definition) is 1. The van der Waals surface area contributed by atoms with E-state index in [2.05, 4.69) is 20.5 Å². The van der Waals surface area contributed by atoms with E-state index in [1.165, 1.54) is 11.8 Å². The number of hydrogen-bond acceptors (Lipinski definition) is 6. The molecule has 0 fully saturated rings. The fraction of sp³-hybridized carbons (Fsp3) is 0.333. The van der Waals surface area contributed by atoms with Crippen LogP contribution in [-0.4, -0.2) is 30.3 Å². The molecule has 1 atom stereocenters. The van der Waals surface area contributed by atoms with Gasteiger partial charge in [0, 0.05) is 18.8 Å². The lowest BCUT2D eigenvalue weighted by atomic mass is 10.2. The molecule has 16 heavy (non-hydrogen) atoms. The smallest absolute Gasteiger partial charge is 0.215 e. The van der Waals surface area contributed by atoms with Crippen molar-refractivity contribution in [2.45, 2.75) is 23.2 Å². The highest BCUT2D eigenvalue weighted by atomic mass is 32.2. The second-order valence-corrected chi connectivity index (χ2v) is 4.22. The summed E-state index contributed by atoms with van der Waals surface area (Å²) in [6.07, 6.45) is 1.12. The van der Waals surface area contributed by atoms with Crippen LogP contribution >= 0.6 is 11.8 Å². The summed E-state index contributed by atoms with van der Waals surface area (Å²) in [7, 11) is 1.76. The predicted molar refractivity (Wildman–Crippen MR) is 57.8 cm³/mol. The Kier molecular flexibility index (Phi) is 3.16. The molecule has 2 rings (SSSR count). The van der Waals surface area contributed by atoms with Crippen molar-refractivity contribution in [1.82, 2.24) is 25.2 Å². The molecule has 0 aliphatic carbocycles. The zero-order valence-corrected chi connectivity index (χ0v) is 9.72. The van der Waals surface area contributed by atoms with Crippen molar-refractivity contribution >= 4 is 11.8 Å². The Morgan fingerprint density at radius 1 is 1.50 bits per heavy atom. The van der Waals surface area contributed by atoms with Gasteiger partial charge in [0.25, 0.3) is 0 Å². The molecule has 0 saturated heterocycles. The van der Waals surface area contributed by atoms with Gasteiger partial charge in [-0.1, -0.05) is 6.07 Å². The van der Waals surface area contributed by atoms with Crippen LogP contribution in [0.3, 0.4) is 0 Å². The molecule has 0 saturated carbocycles. The Morgan fingerprint density at radius 3 is 2.94 bits per heavy atom. The molecule has 0 bridgehead atoms. The van der Waals surface area contributed by atoms with Gasteiger partial charge in [0.1, 0.15) is 5.03 Å². The number of rotatable bonds is 3. The molecule has 1 N–H and O–H groups in total. The number of aliphatic hydroxyl groups excluding tert-OH is 1. The van der Waals surface area contributed by atoms with Crippen LogP contribution in [0, 0.1) is 0 Å². The summed E-state index contributed by atoms with van der Waals surface area (Å²) in [6.45, 7) is 1.70. The first-order valence-electron chi connectivity index (χ1n) is 4.71. The summed E-state index contributed by atoms with van der Waals surface area (Å²) in [4.78, 5) is 4.21. The van der Waals surface area contributed by atoms with Crippen LogP contribution in [0.2, 0.25) is 0 Å². The quantitative estimate of drug-likeness (QED) is 0.851. The van der Waals surface area contributed by atoms with Crippen LogP contribution in [0.15, 0.2) is 28.5 Å². The van der Waals surface area contributed by atoms with E-state index in [-0.39, 0.29) is 0 Å². The Hall–Kier alpha value is -1.47. The number of pyridine rings is 1. The maximum atomic E-state index is 9.59. The highest BCUT2D eigenvalue weighted by Crippen LogP contribution is 2.29. The average Bonchev–Trinajstić information content (AvgIpc) is 2.65. The number of aryl methyl sites for hydroxylation is 1. The maximum absolute atomic E-state index is 9.59. The third-order valence-corrected chi connectivity index (χ3v) is 3.08. The fourth-order valence-electron chi connectivity index (χ4n) is 1.20. The van der Waals surface area contributed by atoms with Crippen molar-refractivity contribution in [3.8, 4) is 0 Å². The molecule has 0 aliphatic rings. The number of tetrazole rings is 1. The van der Waals surface area contributed by atoms with E-state index in [1.54, 1.807) is 30.9 Å². The Bertz CT molecular complexity index is 484. The molecule has 0 amide bonds. The molecular formula is C9H11N5OS. The lowest BCUT2D eigenvalue weighted by Crippen LogP contribution is -1.98. The normalized spacial score (nSPS) is 12.7. The number of aromatic nitrogens is 5. The van der Waals surface area contributed by atoms with Crippen LogP contribution in [0.4, 0.5) is 0 Å². The van der Waals surface area contributed by atoms with Gasteiger partial charge in [0.05, 0.1) is 6.10 Å². The molecule has 2 aromatic rings. The van der Waals surface area contributed by atoms with Crippen LogP contribution in [-0.2, 0) is 7.05 Å². The van der Waals surface area contributed by atoms with Crippen LogP contribution in [0.25, 0.3) is 0 Å². The first kappa shape index (κ1) is 11.0.